The van der Waals surface area contributed by atoms with Gasteiger partial charge in [0.1, 0.15) is 0 Å². The van der Waals surface area contributed by atoms with Crippen LogP contribution in [0.2, 0.25) is 0 Å². The molecule has 3 rings (SSSR count). The second-order valence-electron chi connectivity index (χ2n) is 6.29. The van der Waals surface area contributed by atoms with Crippen molar-refractivity contribution in [2.24, 2.45) is 0 Å². The molecule has 1 N–H and O–H groups in total. The number of hydrogen-bond donors (Lipinski definition) is 1. The van der Waals surface area contributed by atoms with Crippen LogP contribution in [-0.2, 0) is 14.6 Å². The van der Waals surface area contributed by atoms with Crippen LogP contribution in [-0.4, -0.2) is 78.6 Å². The third-order valence-electron chi connectivity index (χ3n) is 4.72. The molecule has 0 aromatic carbocycles. The lowest BCUT2D eigenvalue weighted by molar-refractivity contribution is -0.139. The molecule has 2 heterocycles. The quantitative estimate of drug-likeness (QED) is 0.757. The second-order valence-corrected chi connectivity index (χ2v) is 8.52. The average molecular weight is 302 g/mol. The monoisotopic (exact) mass is 302 g/mol. The fourth-order valence-corrected chi connectivity index (χ4v) is 5.30. The van der Waals surface area contributed by atoms with Crippen LogP contribution in [0.4, 0.5) is 0 Å². The van der Waals surface area contributed by atoms with E-state index in [2.05, 4.69) is 4.90 Å². The summed E-state index contributed by atoms with van der Waals surface area (Å²) in [6.07, 6.45) is 4.04. The topological polar surface area (TPSA) is 77.9 Å². The second kappa shape index (κ2) is 5.27. The molecule has 1 saturated carbocycles. The van der Waals surface area contributed by atoms with Gasteiger partial charge in [-0.2, -0.15) is 0 Å². The van der Waals surface area contributed by atoms with Gasteiger partial charge in [-0.25, -0.2) is 8.42 Å². The molecule has 2 aliphatic heterocycles. The molecule has 0 aromatic heterocycles. The number of carboxylic acids is 1. The fourth-order valence-electron chi connectivity index (χ4n) is 3.56. The third-order valence-corrected chi connectivity index (χ3v) is 6.47. The zero-order valence-corrected chi connectivity index (χ0v) is 12.4. The molecule has 2 unspecified atom stereocenters. The summed E-state index contributed by atoms with van der Waals surface area (Å²) in [5.41, 5.74) is 0. The first kappa shape index (κ1) is 14.3. The Morgan fingerprint density at radius 3 is 2.50 bits per heavy atom. The molecule has 1 aliphatic carbocycles. The van der Waals surface area contributed by atoms with Crippen molar-refractivity contribution < 1.29 is 18.3 Å². The van der Waals surface area contributed by atoms with Gasteiger partial charge in [0.05, 0.1) is 18.1 Å². The molecule has 3 fully saturated rings. The highest BCUT2D eigenvalue weighted by Crippen LogP contribution is 2.32. The molecule has 2 atom stereocenters. The van der Waals surface area contributed by atoms with E-state index in [1.54, 1.807) is 0 Å². The summed E-state index contributed by atoms with van der Waals surface area (Å²) in [4.78, 5) is 15.5. The van der Waals surface area contributed by atoms with Gasteiger partial charge in [-0.15, -0.1) is 0 Å². The van der Waals surface area contributed by atoms with Gasteiger partial charge in [-0.3, -0.25) is 14.6 Å². The molecule has 0 aromatic rings. The van der Waals surface area contributed by atoms with Gasteiger partial charge in [0.15, 0.2) is 9.84 Å². The maximum absolute atomic E-state index is 11.6. The Morgan fingerprint density at radius 1 is 1.20 bits per heavy atom. The van der Waals surface area contributed by atoms with E-state index in [0.29, 0.717) is 12.5 Å². The lowest BCUT2D eigenvalue weighted by Crippen LogP contribution is -2.48. The number of rotatable bonds is 5. The van der Waals surface area contributed by atoms with E-state index in [1.807, 2.05) is 4.90 Å². The van der Waals surface area contributed by atoms with Crippen LogP contribution in [0, 0.1) is 0 Å². The SMILES string of the molecule is O=C(O)CN(C1CCN(C2CC2)C1)C1CCS(=O)(=O)C1. The van der Waals surface area contributed by atoms with Gasteiger partial charge in [-0.05, 0) is 25.7 Å². The zero-order valence-electron chi connectivity index (χ0n) is 11.6. The average Bonchev–Trinajstić information content (AvgIpc) is 2.98. The maximum atomic E-state index is 11.6. The number of aliphatic carboxylic acids is 1. The number of hydrogen-bond acceptors (Lipinski definition) is 5. The Kier molecular flexibility index (Phi) is 3.77. The minimum absolute atomic E-state index is 0.0383. The molecule has 7 heteroatoms. The number of carbonyl (C=O) groups is 1. The fraction of sp³-hybridized carbons (Fsp3) is 0.923. The van der Waals surface area contributed by atoms with Crippen LogP contribution in [0.1, 0.15) is 25.7 Å². The summed E-state index contributed by atoms with van der Waals surface area (Å²) < 4.78 is 23.3. The maximum Gasteiger partial charge on any atom is 0.317 e. The van der Waals surface area contributed by atoms with Gasteiger partial charge in [0.2, 0.25) is 0 Å². The molecule has 20 heavy (non-hydrogen) atoms. The highest BCUT2D eigenvalue weighted by molar-refractivity contribution is 7.91. The predicted octanol–water partition coefficient (Wildman–Crippen LogP) is -0.203. The lowest BCUT2D eigenvalue weighted by Gasteiger charge is -2.32. The Balaban J connectivity index is 1.68. The van der Waals surface area contributed by atoms with Crippen LogP contribution >= 0.6 is 0 Å². The summed E-state index contributed by atoms with van der Waals surface area (Å²) >= 11 is 0. The van der Waals surface area contributed by atoms with Gasteiger partial charge in [-0.1, -0.05) is 0 Å². The number of carboxylic acid groups (broad SMARTS) is 1. The van der Waals surface area contributed by atoms with Crippen molar-refractivity contribution in [3.05, 3.63) is 0 Å². The van der Waals surface area contributed by atoms with Crippen molar-refractivity contribution >= 4 is 15.8 Å². The highest BCUT2D eigenvalue weighted by Gasteiger charge is 2.41. The van der Waals surface area contributed by atoms with Crippen LogP contribution in [0.15, 0.2) is 0 Å². The molecule has 3 aliphatic rings. The molecule has 0 radical (unpaired) electrons. The van der Waals surface area contributed by atoms with Crippen LogP contribution in [0.25, 0.3) is 0 Å². The Hall–Kier alpha value is -0.660. The first-order valence-electron chi connectivity index (χ1n) is 7.36. The van der Waals surface area contributed by atoms with Gasteiger partial charge in [0, 0.05) is 31.2 Å². The van der Waals surface area contributed by atoms with Gasteiger partial charge < -0.3 is 5.11 Å². The van der Waals surface area contributed by atoms with Crippen LogP contribution in [0.3, 0.4) is 0 Å². The van der Waals surface area contributed by atoms with E-state index >= 15 is 0 Å². The summed E-state index contributed by atoms with van der Waals surface area (Å²) in [6.45, 7) is 1.88. The molecular formula is C13H22N2O4S. The van der Waals surface area contributed by atoms with Crippen molar-refractivity contribution in [1.82, 2.24) is 9.80 Å². The van der Waals surface area contributed by atoms with E-state index in [-0.39, 0.29) is 30.1 Å². The first-order valence-corrected chi connectivity index (χ1v) is 9.19. The summed E-state index contributed by atoms with van der Waals surface area (Å²) in [5.74, 6) is -0.535. The standard InChI is InChI=1S/C13H22N2O4S/c16-13(17)8-15(12-4-6-20(18,19)9-12)11-3-5-14(7-11)10-1-2-10/h10-12H,1-9H2,(H,16,17). The van der Waals surface area contributed by atoms with Gasteiger partial charge >= 0.3 is 5.97 Å². The summed E-state index contributed by atoms with van der Waals surface area (Å²) in [6, 6.07) is 0.782. The minimum atomic E-state index is -2.97. The van der Waals surface area contributed by atoms with E-state index in [1.165, 1.54) is 12.8 Å². The highest BCUT2D eigenvalue weighted by atomic mass is 32.2. The first-order chi connectivity index (χ1) is 9.44. The number of likely N-dealkylation sites (tertiary alicyclic amines) is 1. The molecule has 0 amide bonds. The van der Waals surface area contributed by atoms with Gasteiger partial charge in [0.25, 0.3) is 0 Å². The van der Waals surface area contributed by atoms with Crippen LogP contribution < -0.4 is 0 Å². The molecule has 6 nitrogen and oxygen atoms in total. The third kappa shape index (κ3) is 3.15. The molecule has 0 bridgehead atoms. The number of nitrogens with zero attached hydrogens (tertiary/aromatic N) is 2. The molecular weight excluding hydrogens is 280 g/mol. The van der Waals surface area contributed by atoms with E-state index in [9.17, 15) is 13.2 Å². The molecule has 114 valence electrons. The minimum Gasteiger partial charge on any atom is -0.480 e. The van der Waals surface area contributed by atoms with Crippen LogP contribution in [0.5, 0.6) is 0 Å². The van der Waals surface area contributed by atoms with E-state index < -0.39 is 15.8 Å². The normalized spacial score (nSPS) is 33.9. The predicted molar refractivity (Wildman–Crippen MR) is 74.4 cm³/mol. The zero-order chi connectivity index (χ0) is 14.3. The Morgan fingerprint density at radius 2 is 1.95 bits per heavy atom. The van der Waals surface area contributed by atoms with E-state index in [0.717, 1.165) is 19.5 Å². The molecule has 2 saturated heterocycles. The largest absolute Gasteiger partial charge is 0.480 e. The Bertz CT molecular complexity index is 489. The van der Waals surface area contributed by atoms with Crippen molar-refractivity contribution in [1.29, 1.82) is 0 Å². The van der Waals surface area contributed by atoms with Crippen molar-refractivity contribution in [2.45, 2.75) is 43.8 Å². The van der Waals surface area contributed by atoms with Crippen molar-refractivity contribution in [2.75, 3.05) is 31.1 Å². The number of sulfone groups is 1. The van der Waals surface area contributed by atoms with Crippen molar-refractivity contribution in [3.8, 4) is 0 Å². The van der Waals surface area contributed by atoms with E-state index in [4.69, 9.17) is 5.11 Å². The summed E-state index contributed by atoms with van der Waals surface area (Å²) in [7, 11) is -2.97. The lowest BCUT2D eigenvalue weighted by atomic mass is 10.1. The van der Waals surface area contributed by atoms with Crippen molar-refractivity contribution in [3.63, 3.8) is 0 Å². The smallest absolute Gasteiger partial charge is 0.317 e. The summed E-state index contributed by atoms with van der Waals surface area (Å²) in [5, 5.41) is 9.12. The molecule has 0 spiro atoms. The Labute approximate surface area is 119 Å².